The second-order valence-electron chi connectivity index (χ2n) is 4.79. The van der Waals surface area contributed by atoms with E-state index in [0.29, 0.717) is 13.2 Å². The minimum absolute atomic E-state index is 0.00421. The van der Waals surface area contributed by atoms with Crippen LogP contribution in [0.1, 0.15) is 18.5 Å². The number of hydrogen-bond acceptors (Lipinski definition) is 4. The Labute approximate surface area is 113 Å². The predicted octanol–water partition coefficient (Wildman–Crippen LogP) is 0.777. The molecule has 1 aliphatic heterocycles. The largest absolute Gasteiger partial charge is 0.399 e. The van der Waals surface area contributed by atoms with Crippen molar-refractivity contribution in [2.75, 3.05) is 32.5 Å². The third-order valence-electron chi connectivity index (χ3n) is 3.61. The molecule has 0 aromatic heterocycles. The average Bonchev–Trinajstić information content (AvgIpc) is 2.45. The van der Waals surface area contributed by atoms with Crippen molar-refractivity contribution in [3.8, 4) is 0 Å². The van der Waals surface area contributed by atoms with Gasteiger partial charge in [0.15, 0.2) is 0 Å². The molecular formula is C14H21N3O2. The molecule has 0 saturated carbocycles. The van der Waals surface area contributed by atoms with E-state index in [4.69, 9.17) is 10.5 Å². The Hall–Kier alpha value is -1.59. The Morgan fingerprint density at radius 1 is 1.58 bits per heavy atom. The zero-order chi connectivity index (χ0) is 13.8. The van der Waals surface area contributed by atoms with Crippen molar-refractivity contribution in [3.63, 3.8) is 0 Å². The predicted molar refractivity (Wildman–Crippen MR) is 74.6 cm³/mol. The third kappa shape index (κ3) is 3.05. The monoisotopic (exact) mass is 263 g/mol. The van der Waals surface area contributed by atoms with Gasteiger partial charge in [0.25, 0.3) is 0 Å². The Bertz CT molecular complexity index is 450. The number of benzene rings is 1. The zero-order valence-electron chi connectivity index (χ0n) is 11.4. The van der Waals surface area contributed by atoms with E-state index in [1.807, 2.05) is 24.3 Å². The number of nitrogens with one attached hydrogen (secondary N) is 1. The molecule has 2 unspecified atom stereocenters. The Balaban J connectivity index is 2.19. The van der Waals surface area contributed by atoms with Crippen molar-refractivity contribution in [2.45, 2.75) is 19.0 Å². The fourth-order valence-corrected chi connectivity index (χ4v) is 2.48. The number of nitrogens with zero attached hydrogens (tertiary/aromatic N) is 1. The van der Waals surface area contributed by atoms with Gasteiger partial charge in [-0.3, -0.25) is 9.69 Å². The van der Waals surface area contributed by atoms with Gasteiger partial charge in [0.1, 0.15) is 6.04 Å². The van der Waals surface area contributed by atoms with Crippen LogP contribution in [-0.4, -0.2) is 43.7 Å². The lowest BCUT2D eigenvalue weighted by Crippen LogP contribution is -2.53. The molecule has 2 atom stereocenters. The van der Waals surface area contributed by atoms with Gasteiger partial charge in [-0.05, 0) is 24.6 Å². The van der Waals surface area contributed by atoms with E-state index in [1.165, 1.54) is 0 Å². The first-order chi connectivity index (χ1) is 9.13. The molecule has 19 heavy (non-hydrogen) atoms. The molecule has 0 radical (unpaired) electrons. The number of rotatable bonds is 3. The van der Waals surface area contributed by atoms with Crippen LogP contribution in [0.25, 0.3) is 0 Å². The number of nitrogens with two attached hydrogens (primary N) is 1. The number of ether oxygens (including phenoxy) is 1. The second kappa shape index (κ2) is 6.04. The summed E-state index contributed by atoms with van der Waals surface area (Å²) < 4.78 is 5.42. The van der Waals surface area contributed by atoms with Crippen LogP contribution in [0.15, 0.2) is 24.3 Å². The third-order valence-corrected chi connectivity index (χ3v) is 3.61. The number of hydrogen-bond donors (Lipinski definition) is 2. The topological polar surface area (TPSA) is 67.6 Å². The Kier molecular flexibility index (Phi) is 4.39. The maximum absolute atomic E-state index is 11.9. The number of nitrogen functional groups attached to an aromatic ring is 1. The summed E-state index contributed by atoms with van der Waals surface area (Å²) in [6.45, 7) is 3.93. The highest BCUT2D eigenvalue weighted by atomic mass is 16.5. The molecule has 0 aliphatic carbocycles. The van der Waals surface area contributed by atoms with Crippen LogP contribution in [0, 0.1) is 0 Å². The molecule has 1 aliphatic rings. The van der Waals surface area contributed by atoms with E-state index in [0.717, 1.165) is 17.8 Å². The molecule has 0 spiro atoms. The summed E-state index contributed by atoms with van der Waals surface area (Å²) in [5, 5.41) is 2.70. The van der Waals surface area contributed by atoms with Gasteiger partial charge in [-0.1, -0.05) is 12.1 Å². The maximum atomic E-state index is 11.9. The maximum Gasteiger partial charge on any atom is 0.239 e. The molecule has 1 saturated heterocycles. The number of carbonyl (C=O) groups excluding carboxylic acids is 1. The highest BCUT2D eigenvalue weighted by Crippen LogP contribution is 2.25. The first-order valence-electron chi connectivity index (χ1n) is 6.54. The molecule has 1 amide bonds. The molecule has 2 rings (SSSR count). The average molecular weight is 263 g/mol. The molecule has 1 heterocycles. The standard InChI is InChI=1S/C14H21N3O2/c1-10(11-4-3-5-12(15)8-11)17-6-7-19-9-13(17)14(18)16-2/h3-5,8,10,13H,6-7,9,15H2,1-2H3,(H,16,18). The first-order valence-corrected chi connectivity index (χ1v) is 6.54. The van der Waals surface area contributed by atoms with Gasteiger partial charge in [0, 0.05) is 25.3 Å². The van der Waals surface area contributed by atoms with Crippen LogP contribution in [-0.2, 0) is 9.53 Å². The van der Waals surface area contributed by atoms with Gasteiger partial charge in [-0.25, -0.2) is 0 Å². The molecule has 1 aromatic carbocycles. The van der Waals surface area contributed by atoms with Crippen LogP contribution >= 0.6 is 0 Å². The second-order valence-corrected chi connectivity index (χ2v) is 4.79. The summed E-state index contributed by atoms with van der Waals surface area (Å²) in [6.07, 6.45) is 0. The van der Waals surface area contributed by atoms with Crippen molar-refractivity contribution in [1.29, 1.82) is 0 Å². The van der Waals surface area contributed by atoms with Gasteiger partial charge >= 0.3 is 0 Å². The van der Waals surface area contributed by atoms with Crippen molar-refractivity contribution in [3.05, 3.63) is 29.8 Å². The molecule has 5 nitrogen and oxygen atoms in total. The van der Waals surface area contributed by atoms with Gasteiger partial charge in [0.2, 0.25) is 5.91 Å². The molecule has 104 valence electrons. The number of amides is 1. The molecular weight excluding hydrogens is 242 g/mol. The number of carbonyl (C=O) groups is 1. The van der Waals surface area contributed by atoms with Crippen LogP contribution < -0.4 is 11.1 Å². The van der Waals surface area contributed by atoms with Crippen LogP contribution in [0.4, 0.5) is 5.69 Å². The smallest absolute Gasteiger partial charge is 0.239 e. The lowest BCUT2D eigenvalue weighted by molar-refractivity contribution is -0.133. The molecule has 1 fully saturated rings. The summed E-state index contributed by atoms with van der Waals surface area (Å²) in [6, 6.07) is 7.70. The SMILES string of the molecule is CNC(=O)C1COCCN1C(C)c1cccc(N)c1. The summed E-state index contributed by atoms with van der Waals surface area (Å²) >= 11 is 0. The Morgan fingerprint density at radius 2 is 2.37 bits per heavy atom. The lowest BCUT2D eigenvalue weighted by Gasteiger charge is -2.38. The summed E-state index contributed by atoms with van der Waals surface area (Å²) in [7, 11) is 1.65. The van der Waals surface area contributed by atoms with Gasteiger partial charge in [0.05, 0.1) is 13.2 Å². The Morgan fingerprint density at radius 3 is 3.05 bits per heavy atom. The lowest BCUT2D eigenvalue weighted by atomic mass is 10.0. The fourth-order valence-electron chi connectivity index (χ4n) is 2.48. The van der Waals surface area contributed by atoms with E-state index in [1.54, 1.807) is 7.05 Å². The van der Waals surface area contributed by atoms with E-state index in [9.17, 15) is 4.79 Å². The van der Waals surface area contributed by atoms with Crippen molar-refractivity contribution in [1.82, 2.24) is 10.2 Å². The molecule has 3 N–H and O–H groups in total. The van der Waals surface area contributed by atoms with Crippen LogP contribution in [0.2, 0.25) is 0 Å². The van der Waals surface area contributed by atoms with Gasteiger partial charge < -0.3 is 15.8 Å². The van der Waals surface area contributed by atoms with Gasteiger partial charge in [-0.15, -0.1) is 0 Å². The van der Waals surface area contributed by atoms with Crippen LogP contribution in [0.3, 0.4) is 0 Å². The minimum atomic E-state index is -0.241. The molecule has 1 aromatic rings. The van der Waals surface area contributed by atoms with Gasteiger partial charge in [-0.2, -0.15) is 0 Å². The first kappa shape index (κ1) is 13.8. The molecule has 0 bridgehead atoms. The van der Waals surface area contributed by atoms with E-state index in [-0.39, 0.29) is 18.0 Å². The zero-order valence-corrected chi connectivity index (χ0v) is 11.4. The molecule has 5 heteroatoms. The van der Waals surface area contributed by atoms with Crippen LogP contribution in [0.5, 0.6) is 0 Å². The van der Waals surface area contributed by atoms with Crippen molar-refractivity contribution < 1.29 is 9.53 Å². The highest BCUT2D eigenvalue weighted by molar-refractivity contribution is 5.81. The number of anilines is 1. The summed E-state index contributed by atoms with van der Waals surface area (Å²) in [4.78, 5) is 14.1. The van der Waals surface area contributed by atoms with E-state index < -0.39 is 0 Å². The number of morpholine rings is 1. The normalized spacial score (nSPS) is 21.9. The van der Waals surface area contributed by atoms with E-state index in [2.05, 4.69) is 17.1 Å². The number of likely N-dealkylation sites (N-methyl/N-ethyl adjacent to an activating group) is 1. The summed E-state index contributed by atoms with van der Waals surface area (Å²) in [5.41, 5.74) is 7.69. The highest BCUT2D eigenvalue weighted by Gasteiger charge is 2.32. The van der Waals surface area contributed by atoms with Crippen molar-refractivity contribution >= 4 is 11.6 Å². The quantitative estimate of drug-likeness (QED) is 0.791. The van der Waals surface area contributed by atoms with Crippen molar-refractivity contribution in [2.24, 2.45) is 0 Å². The van der Waals surface area contributed by atoms with E-state index >= 15 is 0 Å². The minimum Gasteiger partial charge on any atom is -0.399 e. The summed E-state index contributed by atoms with van der Waals surface area (Å²) in [5.74, 6) is -0.00421. The fraction of sp³-hybridized carbons (Fsp3) is 0.500.